The second-order valence-corrected chi connectivity index (χ2v) is 34.3. The molecule has 27 nitrogen and oxygen atoms in total. The van der Waals surface area contributed by atoms with Gasteiger partial charge in [-0.15, -0.1) is 0 Å². The number of methoxy groups -OCH3 is 3. The summed E-state index contributed by atoms with van der Waals surface area (Å²) in [6.45, 7) is 22.3. The highest BCUT2D eigenvalue weighted by Gasteiger charge is 2.36. The summed E-state index contributed by atoms with van der Waals surface area (Å²) in [5, 5.41) is 18.6. The Kier molecular flexibility index (Phi) is 49.5. The van der Waals surface area contributed by atoms with E-state index in [0.717, 1.165) is 212 Å². The molecule has 7 amide bonds. The molecule has 6 aliphatic heterocycles. The van der Waals surface area contributed by atoms with Crippen LogP contribution in [0.15, 0.2) is 120 Å². The minimum atomic E-state index is -0.118. The first kappa shape index (κ1) is 105. The van der Waals surface area contributed by atoms with Gasteiger partial charge in [0.25, 0.3) is 5.91 Å². The predicted molar refractivity (Wildman–Crippen MR) is 502 cm³/mol. The minimum Gasteiger partial charge on any atom is -0.493 e. The summed E-state index contributed by atoms with van der Waals surface area (Å²) >= 11 is 0. The number of likely N-dealkylation sites (tertiary alicyclic amines) is 5. The molecule has 6 aliphatic rings. The first-order chi connectivity index (χ1) is 59.5. The third kappa shape index (κ3) is 36.8. The molecule has 0 spiro atoms. The smallest absolute Gasteiger partial charge is 0.254 e. The fourth-order valence-electron chi connectivity index (χ4n) is 16.5. The number of rotatable bonds is 36. The van der Waals surface area contributed by atoms with Crippen LogP contribution in [0.25, 0.3) is 18.2 Å². The van der Waals surface area contributed by atoms with Crippen molar-refractivity contribution in [1.29, 1.82) is 5.26 Å². The van der Waals surface area contributed by atoms with Crippen LogP contribution in [0.1, 0.15) is 157 Å². The first-order valence-corrected chi connectivity index (χ1v) is 44.9. The Bertz CT molecular complexity index is 3820. The number of nitriles is 1. The Morgan fingerprint density at radius 2 is 0.774 bits per heavy atom. The van der Waals surface area contributed by atoms with Crippen LogP contribution in [0.5, 0.6) is 17.2 Å². The molecule has 5 N–H and O–H groups in total. The Morgan fingerprint density at radius 3 is 1.08 bits per heavy atom. The monoisotopic (exact) mass is 1720 g/mol. The molecule has 6 heterocycles. The lowest BCUT2D eigenvalue weighted by atomic mass is 10.1. The van der Waals surface area contributed by atoms with Crippen LogP contribution in [0.4, 0.5) is 0 Å². The van der Waals surface area contributed by atoms with E-state index in [1.807, 2.05) is 96.6 Å². The van der Waals surface area contributed by atoms with Gasteiger partial charge in [0.15, 0.2) is 11.5 Å². The van der Waals surface area contributed by atoms with Gasteiger partial charge in [-0.25, -0.2) is 0 Å². The van der Waals surface area contributed by atoms with Crippen LogP contribution < -0.4 is 35.9 Å². The normalized spacial score (nSPS) is 19.1. The fourth-order valence-corrected chi connectivity index (χ4v) is 16.5. The number of benzene rings is 4. The lowest BCUT2D eigenvalue weighted by molar-refractivity contribution is -0.134. The Balaban J connectivity index is 0.000000279. The van der Waals surface area contributed by atoms with Crippen molar-refractivity contribution in [3.63, 3.8) is 0 Å². The van der Waals surface area contributed by atoms with Gasteiger partial charge >= 0.3 is 0 Å². The average molecular weight is 1720 g/mol. The maximum Gasteiger partial charge on any atom is 0.254 e. The third-order valence-corrected chi connectivity index (χ3v) is 23.0. The summed E-state index contributed by atoms with van der Waals surface area (Å²) < 4.78 is 16.4. The molecule has 124 heavy (non-hydrogen) atoms. The van der Waals surface area contributed by atoms with Crippen LogP contribution in [0.2, 0.25) is 0 Å². The average Bonchev–Trinajstić information content (AvgIpc) is 1.17. The van der Waals surface area contributed by atoms with Crippen LogP contribution in [-0.2, 0) is 28.8 Å². The molecule has 10 rings (SSSR count). The van der Waals surface area contributed by atoms with E-state index in [4.69, 9.17) is 25.2 Å². The van der Waals surface area contributed by atoms with E-state index >= 15 is 0 Å². The summed E-state index contributed by atoms with van der Waals surface area (Å²) in [6, 6.07) is 36.7. The molecule has 6 unspecified atom stereocenters. The maximum atomic E-state index is 13.8. The van der Waals surface area contributed by atoms with E-state index in [9.17, 15) is 33.6 Å². The van der Waals surface area contributed by atoms with E-state index in [2.05, 4.69) is 127 Å². The zero-order valence-electron chi connectivity index (χ0n) is 78.7. The molecule has 0 aromatic heterocycles. The van der Waals surface area contributed by atoms with Crippen molar-refractivity contribution in [2.75, 3.05) is 224 Å². The van der Waals surface area contributed by atoms with Crippen molar-refractivity contribution in [2.24, 2.45) is 5.73 Å². The molecule has 0 bridgehead atoms. The highest BCUT2D eigenvalue weighted by atomic mass is 16.5. The van der Waals surface area contributed by atoms with Gasteiger partial charge in [-0.1, -0.05) is 126 Å². The predicted octanol–water partition coefficient (Wildman–Crippen LogP) is 9.61. The SMILES string of the molecule is C/C(=C\c1ccccc1)CNCCCN1CCCC1C(=O)N(C)C.C/C(=C\c1ccccc1)CNCCCN1CCCC1C(=O)N(C)C.CN(C)C(=O)C1CCCN1.CN(C)C(=O)C1CCCN1CCC#N.CN(C)C(=O)C1CCCN1CCCN.COc1cc(C(=O)N(CCCN2CCCC2C(=O)N(C)C)C/C(C)=C/c2ccccc2)cc(OC)c1OC. The zero-order valence-corrected chi connectivity index (χ0v) is 78.7. The largest absolute Gasteiger partial charge is 0.493 e. The zero-order chi connectivity index (χ0) is 91.0. The van der Waals surface area contributed by atoms with Crippen LogP contribution in [0, 0.1) is 11.3 Å². The second kappa shape index (κ2) is 58.2. The van der Waals surface area contributed by atoms with E-state index in [1.165, 1.54) is 36.5 Å². The van der Waals surface area contributed by atoms with E-state index < -0.39 is 0 Å². The van der Waals surface area contributed by atoms with Crippen molar-refractivity contribution in [1.82, 2.24) is 74.7 Å². The van der Waals surface area contributed by atoms with Gasteiger partial charge < -0.3 is 70.2 Å². The Hall–Kier alpha value is -9.08. The molecule has 0 radical (unpaired) electrons. The van der Waals surface area contributed by atoms with E-state index in [1.54, 1.807) is 90.9 Å². The molecule has 4 aromatic carbocycles. The summed E-state index contributed by atoms with van der Waals surface area (Å²) in [6.07, 6.45) is 23.4. The topological polar surface area (TPSA) is 272 Å². The van der Waals surface area contributed by atoms with Crippen LogP contribution >= 0.6 is 0 Å². The second-order valence-electron chi connectivity index (χ2n) is 34.3. The number of hydrogen-bond donors (Lipinski definition) is 4. The third-order valence-electron chi connectivity index (χ3n) is 23.0. The Morgan fingerprint density at radius 1 is 0.444 bits per heavy atom. The lowest BCUT2D eigenvalue weighted by Crippen LogP contribution is -2.43. The summed E-state index contributed by atoms with van der Waals surface area (Å²) in [7, 11) is 26.4. The van der Waals surface area contributed by atoms with Gasteiger partial charge in [0.05, 0.1) is 63.6 Å². The van der Waals surface area contributed by atoms with Gasteiger partial charge in [-0.05, 0) is 211 Å². The number of hydrogen-bond acceptors (Lipinski definition) is 20. The molecule has 6 atom stereocenters. The van der Waals surface area contributed by atoms with Gasteiger partial charge in [0, 0.05) is 155 Å². The molecule has 0 aliphatic carbocycles. The van der Waals surface area contributed by atoms with Gasteiger partial charge in [-0.3, -0.25) is 58.1 Å². The maximum absolute atomic E-state index is 13.8. The molecular weight excluding hydrogens is 1560 g/mol. The van der Waals surface area contributed by atoms with Crippen LogP contribution in [-0.4, -0.2) is 360 Å². The number of carbonyl (C=O) groups excluding carboxylic acids is 7. The molecule has 688 valence electrons. The first-order valence-electron chi connectivity index (χ1n) is 44.9. The molecule has 6 saturated heterocycles. The molecular formula is C97H155N17O10. The quantitative estimate of drug-likeness (QED) is 0.0308. The number of ether oxygens (including phenoxy) is 3. The summed E-state index contributed by atoms with van der Waals surface area (Å²) in [4.78, 5) is 109. The number of amides is 7. The molecule has 27 heteroatoms. The number of nitrogens with zero attached hydrogens (tertiary/aromatic N) is 13. The molecule has 0 saturated carbocycles. The van der Waals surface area contributed by atoms with Gasteiger partial charge in [-0.2, -0.15) is 5.26 Å². The van der Waals surface area contributed by atoms with Gasteiger partial charge in [0.1, 0.15) is 0 Å². The van der Waals surface area contributed by atoms with Crippen molar-refractivity contribution in [2.45, 2.75) is 166 Å². The van der Waals surface area contributed by atoms with Crippen molar-refractivity contribution in [3.8, 4) is 23.3 Å². The van der Waals surface area contributed by atoms with Crippen molar-refractivity contribution in [3.05, 3.63) is 142 Å². The molecule has 6 fully saturated rings. The van der Waals surface area contributed by atoms with E-state index in [0.29, 0.717) is 48.9 Å². The van der Waals surface area contributed by atoms with Gasteiger partial charge in [0.2, 0.25) is 41.2 Å². The highest BCUT2D eigenvalue weighted by molar-refractivity contribution is 5.96. The number of likely N-dealkylation sites (N-methyl/N-ethyl adjacent to an activating group) is 6. The van der Waals surface area contributed by atoms with Crippen molar-refractivity contribution < 1.29 is 47.8 Å². The van der Waals surface area contributed by atoms with Crippen LogP contribution in [0.3, 0.4) is 0 Å². The standard InChI is InChI=1S/C30H41N3O5.2C20H31N3O.C10H21N3O.C10H17N3O.C7H14N2O/c1-22(18-23-12-8-7-9-13-23)21-33(17-11-16-32-15-10-14-25(32)30(35)31(2)3)29(34)24-19-26(36-4)28(38-6)27(20-24)37-5;2*1-17(15-18-9-5-4-6-10-18)16-21-12-8-14-23-13-7-11-19(23)20(24)22(2)3;2*1-12(2)10(14)9-5-3-7-13(9)8-4-6-11;1-9(2)7(10)6-4-3-5-8-6/h7-9,12-13,18-20,25H,10-11,14-17,21H2,1-6H3;2*4-6,9-10,15,19,21H,7-8,11-14,16H2,1-3H3;9H,3-8,11H2,1-2H3;9H,3-5,7-8H2,1-2H3;6,8H,3-5H2,1-2H3/b22-18+;2*17-15+;;;. The minimum absolute atomic E-state index is 0.0124. The lowest BCUT2D eigenvalue weighted by Gasteiger charge is -2.28. The molecule has 4 aromatic rings. The number of nitrogens with two attached hydrogens (primary N) is 1. The van der Waals surface area contributed by atoms with E-state index in [-0.39, 0.29) is 77.6 Å². The Labute approximate surface area is 744 Å². The number of nitrogens with one attached hydrogen (secondary N) is 3. The highest BCUT2D eigenvalue weighted by Crippen LogP contribution is 2.39. The fraction of sp³-hybridized carbons (Fsp3) is 0.608. The number of carbonyl (C=O) groups is 7. The van der Waals surface area contributed by atoms with Crippen molar-refractivity contribution >= 4 is 59.6 Å². The summed E-state index contributed by atoms with van der Waals surface area (Å²) in [5.41, 5.74) is 13.3. The summed E-state index contributed by atoms with van der Waals surface area (Å²) in [5.74, 6) is 2.47.